The van der Waals surface area contributed by atoms with Crippen LogP contribution in [-0.4, -0.2) is 24.8 Å². The molecule has 1 amide bonds. The minimum atomic E-state index is -0.0531. The zero-order chi connectivity index (χ0) is 14.7. The van der Waals surface area contributed by atoms with Gasteiger partial charge in [-0.1, -0.05) is 35.9 Å². The lowest BCUT2D eigenvalue weighted by Crippen LogP contribution is -2.38. The predicted molar refractivity (Wildman–Crippen MR) is 86.5 cm³/mol. The normalized spacial score (nSPS) is 13.7. The number of halogens is 1. The molecule has 1 aliphatic heterocycles. The molecule has 108 valence electrons. The summed E-state index contributed by atoms with van der Waals surface area (Å²) in [7, 11) is 0. The van der Waals surface area contributed by atoms with E-state index >= 15 is 0 Å². The van der Waals surface area contributed by atoms with Crippen LogP contribution in [0.3, 0.4) is 0 Å². The number of ether oxygens (including phenoxy) is 1. The molecule has 21 heavy (non-hydrogen) atoms. The number of carbonyl (C=O) groups is 1. The van der Waals surface area contributed by atoms with Gasteiger partial charge in [0.05, 0.1) is 10.7 Å². The average Bonchev–Trinajstić information content (AvgIpc) is 2.53. The lowest BCUT2D eigenvalue weighted by atomic mass is 10.2. The first kappa shape index (κ1) is 14.3. The van der Waals surface area contributed by atoms with Crippen molar-refractivity contribution in [1.82, 2.24) is 0 Å². The second-order valence-electron chi connectivity index (χ2n) is 4.58. The smallest absolute Gasteiger partial charge is 0.264 e. The summed E-state index contributed by atoms with van der Waals surface area (Å²) in [6.45, 7) is 0.690. The molecule has 0 unspecified atom stereocenters. The molecule has 0 spiro atoms. The Bertz CT molecular complexity index is 662. The van der Waals surface area contributed by atoms with Gasteiger partial charge in [-0.05, 0) is 24.3 Å². The van der Waals surface area contributed by atoms with Crippen molar-refractivity contribution in [2.45, 2.75) is 4.90 Å². The van der Waals surface area contributed by atoms with Gasteiger partial charge < -0.3 is 9.64 Å². The molecule has 2 aromatic carbocycles. The largest absolute Gasteiger partial charge is 0.482 e. The highest BCUT2D eigenvalue weighted by atomic mass is 35.5. The van der Waals surface area contributed by atoms with Crippen LogP contribution in [0.15, 0.2) is 53.4 Å². The fourth-order valence-electron chi connectivity index (χ4n) is 2.21. The highest BCUT2D eigenvalue weighted by Crippen LogP contribution is 2.34. The van der Waals surface area contributed by atoms with E-state index in [2.05, 4.69) is 0 Å². The van der Waals surface area contributed by atoms with Crippen molar-refractivity contribution < 1.29 is 9.53 Å². The third kappa shape index (κ3) is 3.17. The summed E-state index contributed by atoms with van der Waals surface area (Å²) in [6.07, 6.45) is 0. The molecule has 3 nitrogen and oxygen atoms in total. The minimum absolute atomic E-state index is 0.0112. The van der Waals surface area contributed by atoms with E-state index in [9.17, 15) is 4.79 Å². The molecule has 0 atom stereocenters. The van der Waals surface area contributed by atoms with Gasteiger partial charge in [-0.15, -0.1) is 11.8 Å². The molecule has 0 saturated heterocycles. The predicted octanol–water partition coefficient (Wildman–Crippen LogP) is 3.86. The molecule has 5 heteroatoms. The van der Waals surface area contributed by atoms with E-state index in [1.165, 1.54) is 0 Å². The highest BCUT2D eigenvalue weighted by molar-refractivity contribution is 7.99. The third-order valence-electron chi connectivity index (χ3n) is 3.22. The van der Waals surface area contributed by atoms with Gasteiger partial charge >= 0.3 is 0 Å². The number of amides is 1. The number of anilines is 1. The average molecular weight is 320 g/mol. The summed E-state index contributed by atoms with van der Waals surface area (Å²) in [6, 6.07) is 15.1. The SMILES string of the molecule is O=C(COc1ccccc1Cl)N1CCSc2ccccc21. The molecule has 0 aromatic heterocycles. The maximum atomic E-state index is 12.4. The number of hydrogen-bond acceptors (Lipinski definition) is 3. The summed E-state index contributed by atoms with van der Waals surface area (Å²) in [5, 5.41) is 0.514. The van der Waals surface area contributed by atoms with Crippen molar-refractivity contribution in [3.63, 3.8) is 0 Å². The quantitative estimate of drug-likeness (QED) is 0.860. The van der Waals surface area contributed by atoms with Crippen molar-refractivity contribution in [3.05, 3.63) is 53.6 Å². The van der Waals surface area contributed by atoms with Gasteiger partial charge in [-0.3, -0.25) is 4.79 Å². The first-order valence-electron chi connectivity index (χ1n) is 6.65. The monoisotopic (exact) mass is 319 g/mol. The number of rotatable bonds is 3. The Morgan fingerprint density at radius 1 is 1.19 bits per heavy atom. The topological polar surface area (TPSA) is 29.5 Å². The Hall–Kier alpha value is -1.65. The van der Waals surface area contributed by atoms with Gasteiger partial charge in [0.1, 0.15) is 5.75 Å². The second-order valence-corrected chi connectivity index (χ2v) is 6.12. The Kier molecular flexibility index (Phi) is 4.36. The summed E-state index contributed by atoms with van der Waals surface area (Å²) in [5.74, 6) is 1.38. The Labute approximate surface area is 132 Å². The fourth-order valence-corrected chi connectivity index (χ4v) is 3.39. The fraction of sp³-hybridized carbons (Fsp3) is 0.188. The van der Waals surface area contributed by atoms with Crippen molar-refractivity contribution in [2.24, 2.45) is 0 Å². The lowest BCUT2D eigenvalue weighted by Gasteiger charge is -2.28. The Balaban J connectivity index is 1.71. The van der Waals surface area contributed by atoms with E-state index in [1.54, 1.807) is 28.8 Å². The number of hydrogen-bond donors (Lipinski definition) is 0. The molecule has 2 aromatic rings. The molecule has 0 N–H and O–H groups in total. The first-order chi connectivity index (χ1) is 10.3. The number of thioether (sulfide) groups is 1. The molecule has 0 fully saturated rings. The van der Waals surface area contributed by atoms with Crippen LogP contribution in [0.4, 0.5) is 5.69 Å². The molecule has 0 bridgehead atoms. The van der Waals surface area contributed by atoms with Gasteiger partial charge in [0.25, 0.3) is 5.91 Å². The van der Waals surface area contributed by atoms with Gasteiger partial charge in [0.15, 0.2) is 6.61 Å². The Morgan fingerprint density at radius 2 is 1.95 bits per heavy atom. The second kappa shape index (κ2) is 6.41. The number of para-hydroxylation sites is 2. The standard InChI is InChI=1S/C16H14ClNO2S/c17-12-5-1-3-7-14(12)20-11-16(19)18-9-10-21-15-8-4-2-6-13(15)18/h1-8H,9-11H2. The molecule has 3 rings (SSSR count). The van der Waals surface area contributed by atoms with Crippen LogP contribution in [-0.2, 0) is 4.79 Å². The first-order valence-corrected chi connectivity index (χ1v) is 8.01. The third-order valence-corrected chi connectivity index (χ3v) is 4.57. The van der Waals surface area contributed by atoms with Crippen molar-refractivity contribution in [2.75, 3.05) is 23.8 Å². The lowest BCUT2D eigenvalue weighted by molar-refractivity contribution is -0.120. The van der Waals surface area contributed by atoms with Gasteiger partial charge in [0.2, 0.25) is 0 Å². The van der Waals surface area contributed by atoms with E-state index in [1.807, 2.05) is 36.4 Å². The molecule has 0 saturated carbocycles. The number of fused-ring (bicyclic) bond motifs is 1. The highest BCUT2D eigenvalue weighted by Gasteiger charge is 2.22. The number of nitrogens with zero attached hydrogens (tertiary/aromatic N) is 1. The maximum absolute atomic E-state index is 12.4. The van der Waals surface area contributed by atoms with Crippen LogP contribution in [0.2, 0.25) is 5.02 Å². The summed E-state index contributed by atoms with van der Waals surface area (Å²) in [5.41, 5.74) is 0.960. The van der Waals surface area contributed by atoms with Crippen LogP contribution < -0.4 is 9.64 Å². The van der Waals surface area contributed by atoms with Gasteiger partial charge in [-0.25, -0.2) is 0 Å². The number of carbonyl (C=O) groups excluding carboxylic acids is 1. The van der Waals surface area contributed by atoms with Crippen LogP contribution in [0.5, 0.6) is 5.75 Å². The zero-order valence-corrected chi connectivity index (χ0v) is 12.9. The van der Waals surface area contributed by atoms with Crippen LogP contribution in [0, 0.1) is 0 Å². The molecule has 0 aliphatic carbocycles. The van der Waals surface area contributed by atoms with E-state index < -0.39 is 0 Å². The molecular weight excluding hydrogens is 306 g/mol. The van der Waals surface area contributed by atoms with Crippen molar-refractivity contribution >= 4 is 35.0 Å². The van der Waals surface area contributed by atoms with E-state index in [0.717, 1.165) is 16.3 Å². The number of benzene rings is 2. The molecule has 1 aliphatic rings. The van der Waals surface area contributed by atoms with Crippen molar-refractivity contribution in [1.29, 1.82) is 0 Å². The van der Waals surface area contributed by atoms with Gasteiger partial charge in [-0.2, -0.15) is 0 Å². The maximum Gasteiger partial charge on any atom is 0.264 e. The van der Waals surface area contributed by atoms with E-state index in [4.69, 9.17) is 16.3 Å². The summed E-state index contributed by atoms with van der Waals surface area (Å²) < 4.78 is 5.54. The zero-order valence-electron chi connectivity index (χ0n) is 11.3. The van der Waals surface area contributed by atoms with Crippen molar-refractivity contribution in [3.8, 4) is 5.75 Å². The molecular formula is C16H14ClNO2S. The minimum Gasteiger partial charge on any atom is -0.482 e. The molecule has 1 heterocycles. The van der Waals surface area contributed by atoms with Crippen LogP contribution in [0.25, 0.3) is 0 Å². The van der Waals surface area contributed by atoms with Gasteiger partial charge in [0, 0.05) is 17.2 Å². The summed E-state index contributed by atoms with van der Waals surface area (Å²) >= 11 is 7.79. The molecule has 0 radical (unpaired) electrons. The summed E-state index contributed by atoms with van der Waals surface area (Å²) in [4.78, 5) is 15.3. The van der Waals surface area contributed by atoms with Crippen LogP contribution in [0.1, 0.15) is 0 Å². The Morgan fingerprint density at radius 3 is 2.81 bits per heavy atom. The van der Waals surface area contributed by atoms with E-state index in [-0.39, 0.29) is 12.5 Å². The van der Waals surface area contributed by atoms with Crippen LogP contribution >= 0.6 is 23.4 Å². The van der Waals surface area contributed by atoms with E-state index in [0.29, 0.717) is 17.3 Å².